The molecule has 0 N–H and O–H groups in total. The van der Waals surface area contributed by atoms with E-state index in [1.165, 1.54) is 13.3 Å². The van der Waals surface area contributed by atoms with Crippen molar-refractivity contribution < 1.29 is 22.2 Å². The van der Waals surface area contributed by atoms with Crippen LogP contribution in [0.25, 0.3) is 0 Å². The van der Waals surface area contributed by atoms with Gasteiger partial charge in [-0.15, -0.1) is 0 Å². The Labute approximate surface area is 118 Å². The van der Waals surface area contributed by atoms with Gasteiger partial charge in [0.1, 0.15) is 17.1 Å². The maximum Gasteiger partial charge on any atom is 0.301 e. The monoisotopic (exact) mass is 332 g/mol. The molecule has 0 aromatic carbocycles. The summed E-state index contributed by atoms with van der Waals surface area (Å²) in [5.74, 6) is -1.87. The highest BCUT2D eigenvalue weighted by atomic mass is 35.5. The molecule has 0 saturated heterocycles. The van der Waals surface area contributed by atoms with E-state index in [0.717, 1.165) is 11.3 Å². The zero-order valence-corrected chi connectivity index (χ0v) is 11.9. The SMILES string of the molecule is CO/N=C/c1nc(S(=O)CCC(F)=C(F)F)sc1Cl. The minimum atomic E-state index is -2.40. The molecule has 10 heteroatoms. The normalized spacial score (nSPS) is 12.7. The topological polar surface area (TPSA) is 51.6 Å². The number of allylic oxidation sites excluding steroid dienone is 1. The summed E-state index contributed by atoms with van der Waals surface area (Å²) in [5, 5.41) is 3.44. The molecule has 1 aromatic rings. The summed E-state index contributed by atoms with van der Waals surface area (Å²) in [6, 6.07) is 0. The fourth-order valence-corrected chi connectivity index (χ4v) is 3.50. The van der Waals surface area contributed by atoms with Crippen molar-refractivity contribution in [3.8, 4) is 0 Å². The molecule has 0 aliphatic rings. The molecule has 0 saturated carbocycles. The lowest BCUT2D eigenvalue weighted by Crippen LogP contribution is -1.99. The third-order valence-electron chi connectivity index (χ3n) is 1.78. The number of oxime groups is 1. The van der Waals surface area contributed by atoms with Crippen molar-refractivity contribution in [3.05, 3.63) is 21.9 Å². The molecule has 1 unspecified atom stereocenters. The van der Waals surface area contributed by atoms with Crippen molar-refractivity contribution in [2.24, 2.45) is 5.16 Å². The maximum atomic E-state index is 12.6. The first-order chi connectivity index (χ1) is 8.95. The summed E-state index contributed by atoms with van der Waals surface area (Å²) in [7, 11) is -0.373. The van der Waals surface area contributed by atoms with Gasteiger partial charge in [0.05, 0.1) is 17.0 Å². The molecule has 1 heterocycles. The van der Waals surface area contributed by atoms with Crippen LogP contribution in [0.1, 0.15) is 12.1 Å². The van der Waals surface area contributed by atoms with Crippen LogP contribution in [0.15, 0.2) is 21.4 Å². The minimum absolute atomic E-state index is 0.120. The van der Waals surface area contributed by atoms with Crippen molar-refractivity contribution in [1.29, 1.82) is 0 Å². The Morgan fingerprint density at radius 2 is 2.26 bits per heavy atom. The first kappa shape index (κ1) is 16.1. The summed E-state index contributed by atoms with van der Waals surface area (Å²) in [6.07, 6.45) is -1.79. The van der Waals surface area contributed by atoms with E-state index >= 15 is 0 Å². The number of hydrogen-bond donors (Lipinski definition) is 0. The smallest absolute Gasteiger partial charge is 0.301 e. The summed E-state index contributed by atoms with van der Waals surface area (Å²) in [6.45, 7) is 0. The predicted molar refractivity (Wildman–Crippen MR) is 68.0 cm³/mol. The molecule has 1 aromatic heterocycles. The fourth-order valence-electron chi connectivity index (χ4n) is 0.938. The Balaban J connectivity index is 2.73. The van der Waals surface area contributed by atoms with Crippen LogP contribution in [0, 0.1) is 0 Å². The van der Waals surface area contributed by atoms with Gasteiger partial charge in [-0.3, -0.25) is 4.21 Å². The molecular weight excluding hydrogens is 325 g/mol. The number of thiazole rings is 1. The molecule has 0 aliphatic heterocycles. The van der Waals surface area contributed by atoms with Gasteiger partial charge in [-0.2, -0.15) is 8.78 Å². The van der Waals surface area contributed by atoms with Gasteiger partial charge in [-0.1, -0.05) is 28.1 Å². The van der Waals surface area contributed by atoms with Crippen LogP contribution in [0.3, 0.4) is 0 Å². The summed E-state index contributed by atoms with van der Waals surface area (Å²) < 4.78 is 48.3. The molecule has 1 atom stereocenters. The molecule has 0 fully saturated rings. The van der Waals surface area contributed by atoms with E-state index in [0.29, 0.717) is 0 Å². The van der Waals surface area contributed by atoms with Crippen molar-refractivity contribution in [1.82, 2.24) is 4.98 Å². The van der Waals surface area contributed by atoms with E-state index in [2.05, 4.69) is 15.0 Å². The number of nitrogens with zero attached hydrogens (tertiary/aromatic N) is 2. The molecule has 0 radical (unpaired) electrons. The second kappa shape index (κ2) is 7.61. The second-order valence-electron chi connectivity index (χ2n) is 3.02. The van der Waals surface area contributed by atoms with Gasteiger partial charge in [0.2, 0.25) is 0 Å². The quantitative estimate of drug-likeness (QED) is 0.593. The van der Waals surface area contributed by atoms with Gasteiger partial charge in [0.15, 0.2) is 10.2 Å². The van der Waals surface area contributed by atoms with Crippen LogP contribution in [-0.2, 0) is 15.6 Å². The molecule has 0 spiro atoms. The van der Waals surface area contributed by atoms with Gasteiger partial charge >= 0.3 is 6.08 Å². The van der Waals surface area contributed by atoms with E-state index < -0.39 is 29.1 Å². The molecule has 0 aliphatic carbocycles. The summed E-state index contributed by atoms with van der Waals surface area (Å²) >= 11 is 6.72. The standard InChI is InChI=1S/C9H8ClF3N2O2S2/c1-17-14-4-6-7(10)18-9(15-6)19(16)3-2-5(11)8(12)13/h4H,2-3H2,1H3/b14-4+. The molecule has 19 heavy (non-hydrogen) atoms. The lowest BCUT2D eigenvalue weighted by atomic mass is 10.4. The number of hydrogen-bond acceptors (Lipinski definition) is 5. The highest BCUT2D eigenvalue weighted by Crippen LogP contribution is 2.26. The minimum Gasteiger partial charge on any atom is -0.399 e. The van der Waals surface area contributed by atoms with Crippen LogP contribution >= 0.6 is 22.9 Å². The molecule has 1 rings (SSSR count). The summed E-state index contributed by atoms with van der Waals surface area (Å²) in [4.78, 5) is 8.34. The number of halogens is 4. The van der Waals surface area contributed by atoms with Crippen molar-refractivity contribution in [3.63, 3.8) is 0 Å². The second-order valence-corrected chi connectivity index (χ2v) is 6.37. The highest BCUT2D eigenvalue weighted by molar-refractivity contribution is 7.87. The van der Waals surface area contributed by atoms with E-state index in [1.54, 1.807) is 0 Å². The van der Waals surface area contributed by atoms with Crippen LogP contribution in [0.5, 0.6) is 0 Å². The van der Waals surface area contributed by atoms with Crippen LogP contribution < -0.4 is 0 Å². The molecule has 0 amide bonds. The number of aromatic nitrogens is 1. The Hall–Kier alpha value is -0.930. The Morgan fingerprint density at radius 3 is 2.84 bits per heavy atom. The van der Waals surface area contributed by atoms with Gasteiger partial charge < -0.3 is 4.84 Å². The largest absolute Gasteiger partial charge is 0.399 e. The van der Waals surface area contributed by atoms with Crippen molar-refractivity contribution in [2.45, 2.75) is 10.8 Å². The Kier molecular flexibility index (Phi) is 6.46. The zero-order valence-electron chi connectivity index (χ0n) is 9.53. The lowest BCUT2D eigenvalue weighted by Gasteiger charge is -1.95. The molecule has 0 bridgehead atoms. The molecule has 106 valence electrons. The van der Waals surface area contributed by atoms with E-state index in [9.17, 15) is 17.4 Å². The molecule has 4 nitrogen and oxygen atoms in total. The van der Waals surface area contributed by atoms with Gasteiger partial charge in [0.25, 0.3) is 0 Å². The highest BCUT2D eigenvalue weighted by Gasteiger charge is 2.15. The third kappa shape index (κ3) is 4.92. The van der Waals surface area contributed by atoms with Crippen LogP contribution in [-0.4, -0.2) is 28.3 Å². The van der Waals surface area contributed by atoms with E-state index in [4.69, 9.17) is 11.6 Å². The van der Waals surface area contributed by atoms with Gasteiger partial charge in [-0.05, 0) is 0 Å². The van der Waals surface area contributed by atoms with E-state index in [-0.39, 0.29) is 20.1 Å². The van der Waals surface area contributed by atoms with E-state index in [1.807, 2.05) is 0 Å². The predicted octanol–water partition coefficient (Wildman–Crippen LogP) is 3.35. The zero-order chi connectivity index (χ0) is 14.4. The van der Waals surface area contributed by atoms with Crippen LogP contribution in [0.2, 0.25) is 4.34 Å². The summed E-state index contributed by atoms with van der Waals surface area (Å²) in [5.41, 5.74) is 0.254. The molecular formula is C9H8ClF3N2O2S2. The maximum absolute atomic E-state index is 12.6. The van der Waals surface area contributed by atoms with Crippen molar-refractivity contribution in [2.75, 3.05) is 12.9 Å². The fraction of sp³-hybridized carbons (Fsp3) is 0.333. The first-order valence-electron chi connectivity index (χ1n) is 4.76. The Morgan fingerprint density at radius 1 is 1.58 bits per heavy atom. The van der Waals surface area contributed by atoms with Gasteiger partial charge in [0, 0.05) is 12.2 Å². The number of rotatable bonds is 6. The van der Waals surface area contributed by atoms with Crippen LogP contribution in [0.4, 0.5) is 13.2 Å². The lowest BCUT2D eigenvalue weighted by molar-refractivity contribution is 0.215. The van der Waals surface area contributed by atoms with Crippen molar-refractivity contribution >= 4 is 40.0 Å². The average Bonchev–Trinajstić information content (AvgIpc) is 2.74. The Bertz CT molecular complexity index is 530. The van der Waals surface area contributed by atoms with Gasteiger partial charge in [-0.25, -0.2) is 9.37 Å². The average molecular weight is 333 g/mol. The first-order valence-corrected chi connectivity index (χ1v) is 7.28. The third-order valence-corrected chi connectivity index (χ3v) is 4.72.